The minimum absolute atomic E-state index is 0.00708. The molecule has 1 unspecified atom stereocenters. The zero-order chi connectivity index (χ0) is 11.5. The van der Waals surface area contributed by atoms with Crippen LogP contribution >= 0.6 is 0 Å². The molecular weight excluding hydrogens is 198 g/mol. The first-order chi connectivity index (χ1) is 7.77. The summed E-state index contributed by atoms with van der Waals surface area (Å²) >= 11 is 0. The van der Waals surface area contributed by atoms with Gasteiger partial charge in [-0.1, -0.05) is 25.1 Å². The van der Waals surface area contributed by atoms with Crippen LogP contribution in [0.4, 0.5) is 0 Å². The first-order valence-electron chi connectivity index (χ1n) is 5.59. The highest BCUT2D eigenvalue weighted by Gasteiger charge is 2.14. The van der Waals surface area contributed by atoms with Crippen LogP contribution in [-0.2, 0) is 6.54 Å². The topological polar surface area (TPSA) is 43.8 Å². The van der Waals surface area contributed by atoms with Gasteiger partial charge in [0.05, 0.1) is 17.1 Å². The second kappa shape index (κ2) is 4.49. The monoisotopic (exact) mass is 215 g/mol. The SMILES string of the molecule is C=CCn1c(C(N)CC)nc2ccccc21. The summed E-state index contributed by atoms with van der Waals surface area (Å²) in [5.74, 6) is 0.948. The Morgan fingerprint density at radius 2 is 2.25 bits per heavy atom. The smallest absolute Gasteiger partial charge is 0.127 e. The Hall–Kier alpha value is -1.61. The van der Waals surface area contributed by atoms with Crippen LogP contribution in [0.1, 0.15) is 25.2 Å². The largest absolute Gasteiger partial charge is 0.323 e. The number of nitrogens with zero attached hydrogens (tertiary/aromatic N) is 2. The molecule has 0 bridgehead atoms. The van der Waals surface area contributed by atoms with Gasteiger partial charge in [0.1, 0.15) is 5.82 Å². The molecule has 16 heavy (non-hydrogen) atoms. The van der Waals surface area contributed by atoms with Gasteiger partial charge in [-0.15, -0.1) is 6.58 Å². The number of aromatic nitrogens is 2. The van der Waals surface area contributed by atoms with E-state index in [4.69, 9.17) is 5.73 Å². The molecule has 3 nitrogen and oxygen atoms in total. The lowest BCUT2D eigenvalue weighted by molar-refractivity contribution is 0.609. The molecule has 0 radical (unpaired) electrons. The zero-order valence-electron chi connectivity index (χ0n) is 9.56. The summed E-state index contributed by atoms with van der Waals surface area (Å²) in [7, 11) is 0. The fraction of sp³-hybridized carbons (Fsp3) is 0.308. The molecule has 0 fully saturated rings. The molecular formula is C13H17N3. The first kappa shape index (κ1) is 10.9. The van der Waals surface area contributed by atoms with E-state index in [1.54, 1.807) is 0 Å². The highest BCUT2D eigenvalue weighted by Crippen LogP contribution is 2.21. The van der Waals surface area contributed by atoms with E-state index in [1.165, 1.54) is 0 Å². The van der Waals surface area contributed by atoms with Gasteiger partial charge in [-0.05, 0) is 18.6 Å². The maximum absolute atomic E-state index is 6.07. The molecule has 84 valence electrons. The van der Waals surface area contributed by atoms with Gasteiger partial charge >= 0.3 is 0 Å². The summed E-state index contributed by atoms with van der Waals surface area (Å²) in [4.78, 5) is 4.59. The number of fused-ring (bicyclic) bond motifs is 1. The molecule has 0 spiro atoms. The van der Waals surface area contributed by atoms with Crippen molar-refractivity contribution in [3.8, 4) is 0 Å². The number of allylic oxidation sites excluding steroid dienone is 1. The number of hydrogen-bond acceptors (Lipinski definition) is 2. The molecule has 1 aromatic heterocycles. The highest BCUT2D eigenvalue weighted by atomic mass is 15.1. The van der Waals surface area contributed by atoms with Crippen molar-refractivity contribution in [2.24, 2.45) is 5.73 Å². The molecule has 3 heteroatoms. The van der Waals surface area contributed by atoms with Crippen LogP contribution in [0, 0.1) is 0 Å². The number of rotatable bonds is 4. The predicted molar refractivity (Wildman–Crippen MR) is 67.1 cm³/mol. The molecule has 1 heterocycles. The van der Waals surface area contributed by atoms with E-state index in [-0.39, 0.29) is 6.04 Å². The maximum atomic E-state index is 6.07. The van der Waals surface area contributed by atoms with Crippen molar-refractivity contribution in [1.82, 2.24) is 9.55 Å². The fourth-order valence-electron chi connectivity index (χ4n) is 1.88. The van der Waals surface area contributed by atoms with Crippen molar-refractivity contribution in [3.63, 3.8) is 0 Å². The van der Waals surface area contributed by atoms with Gasteiger partial charge in [-0.2, -0.15) is 0 Å². The van der Waals surface area contributed by atoms with Crippen molar-refractivity contribution in [3.05, 3.63) is 42.7 Å². The number of imidazole rings is 1. The van der Waals surface area contributed by atoms with E-state index < -0.39 is 0 Å². The van der Waals surface area contributed by atoms with Gasteiger partial charge in [-0.25, -0.2) is 4.98 Å². The minimum Gasteiger partial charge on any atom is -0.323 e. The number of hydrogen-bond donors (Lipinski definition) is 1. The summed E-state index contributed by atoms with van der Waals surface area (Å²) in [6, 6.07) is 8.09. The Bertz CT molecular complexity index is 499. The normalized spacial score (nSPS) is 12.9. The summed E-state index contributed by atoms with van der Waals surface area (Å²) in [5.41, 5.74) is 8.20. The number of para-hydroxylation sites is 2. The van der Waals surface area contributed by atoms with Gasteiger partial charge in [0.15, 0.2) is 0 Å². The molecule has 2 N–H and O–H groups in total. The maximum Gasteiger partial charge on any atom is 0.127 e. The summed E-state index contributed by atoms with van der Waals surface area (Å²) in [6.45, 7) is 6.60. The molecule has 0 aliphatic rings. The molecule has 0 saturated carbocycles. The lowest BCUT2D eigenvalue weighted by Crippen LogP contribution is -2.15. The molecule has 0 amide bonds. The Morgan fingerprint density at radius 3 is 2.94 bits per heavy atom. The Morgan fingerprint density at radius 1 is 1.50 bits per heavy atom. The second-order valence-corrected chi connectivity index (χ2v) is 3.87. The number of benzene rings is 1. The fourth-order valence-corrected chi connectivity index (χ4v) is 1.88. The Labute approximate surface area is 95.6 Å². The first-order valence-corrected chi connectivity index (χ1v) is 5.59. The average molecular weight is 215 g/mol. The molecule has 0 aliphatic carbocycles. The van der Waals surface area contributed by atoms with E-state index >= 15 is 0 Å². The van der Waals surface area contributed by atoms with E-state index in [9.17, 15) is 0 Å². The van der Waals surface area contributed by atoms with Gasteiger partial charge in [0.25, 0.3) is 0 Å². The van der Waals surface area contributed by atoms with Crippen LogP contribution in [0.3, 0.4) is 0 Å². The van der Waals surface area contributed by atoms with Crippen molar-refractivity contribution >= 4 is 11.0 Å². The zero-order valence-corrected chi connectivity index (χ0v) is 9.56. The lowest BCUT2D eigenvalue weighted by Gasteiger charge is -2.11. The predicted octanol–water partition coefficient (Wildman–Crippen LogP) is 2.63. The third kappa shape index (κ3) is 1.74. The van der Waals surface area contributed by atoms with Crippen molar-refractivity contribution in [2.45, 2.75) is 25.9 Å². The third-order valence-electron chi connectivity index (χ3n) is 2.77. The second-order valence-electron chi connectivity index (χ2n) is 3.87. The summed E-state index contributed by atoms with van der Waals surface area (Å²) < 4.78 is 2.14. The Kier molecular flexibility index (Phi) is 3.06. The van der Waals surface area contributed by atoms with Gasteiger partial charge in [0.2, 0.25) is 0 Å². The molecule has 2 rings (SSSR count). The van der Waals surface area contributed by atoms with E-state index in [2.05, 4.69) is 29.1 Å². The van der Waals surface area contributed by atoms with Gasteiger partial charge < -0.3 is 10.3 Å². The van der Waals surface area contributed by atoms with Crippen LogP contribution in [0.5, 0.6) is 0 Å². The molecule has 2 aromatic rings. The van der Waals surface area contributed by atoms with Gasteiger partial charge in [0, 0.05) is 6.54 Å². The quantitative estimate of drug-likeness (QED) is 0.797. The molecule has 1 aromatic carbocycles. The summed E-state index contributed by atoms with van der Waals surface area (Å²) in [5, 5.41) is 0. The standard InChI is InChI=1S/C13H17N3/c1-3-9-16-12-8-6-5-7-11(12)15-13(16)10(14)4-2/h3,5-8,10H,1,4,9,14H2,2H3. The van der Waals surface area contributed by atoms with Crippen molar-refractivity contribution in [1.29, 1.82) is 0 Å². The molecule has 1 atom stereocenters. The van der Waals surface area contributed by atoms with E-state index in [1.807, 2.05) is 24.3 Å². The number of nitrogens with two attached hydrogens (primary N) is 1. The molecule has 0 aliphatic heterocycles. The lowest BCUT2D eigenvalue weighted by atomic mass is 10.2. The Balaban J connectivity index is 2.62. The van der Waals surface area contributed by atoms with E-state index in [0.717, 1.165) is 29.8 Å². The van der Waals surface area contributed by atoms with Crippen LogP contribution in [0.15, 0.2) is 36.9 Å². The average Bonchev–Trinajstić information content (AvgIpc) is 2.68. The van der Waals surface area contributed by atoms with Crippen LogP contribution < -0.4 is 5.73 Å². The van der Waals surface area contributed by atoms with Crippen LogP contribution in [0.25, 0.3) is 11.0 Å². The third-order valence-corrected chi connectivity index (χ3v) is 2.77. The van der Waals surface area contributed by atoms with Crippen LogP contribution in [0.2, 0.25) is 0 Å². The highest BCUT2D eigenvalue weighted by molar-refractivity contribution is 5.76. The minimum atomic E-state index is -0.00708. The van der Waals surface area contributed by atoms with Crippen molar-refractivity contribution in [2.75, 3.05) is 0 Å². The summed E-state index contributed by atoms with van der Waals surface area (Å²) in [6.07, 6.45) is 2.76. The molecule has 0 saturated heterocycles. The van der Waals surface area contributed by atoms with Crippen LogP contribution in [-0.4, -0.2) is 9.55 Å². The van der Waals surface area contributed by atoms with Crippen molar-refractivity contribution < 1.29 is 0 Å². The van der Waals surface area contributed by atoms with E-state index in [0.29, 0.717) is 0 Å². The van der Waals surface area contributed by atoms with Gasteiger partial charge in [-0.3, -0.25) is 0 Å².